The maximum atomic E-state index is 11.8. The van der Waals surface area contributed by atoms with E-state index in [2.05, 4.69) is 0 Å². The molecule has 3 nitrogen and oxygen atoms in total. The lowest BCUT2D eigenvalue weighted by Gasteiger charge is -2.34. The fourth-order valence-electron chi connectivity index (χ4n) is 1.91. The van der Waals surface area contributed by atoms with Crippen LogP contribution in [-0.2, 0) is 4.74 Å². The molecule has 2 atom stereocenters. The largest absolute Gasteiger partial charge is 0.458 e. The molecular formula is C13H16O3. The molecule has 0 bridgehead atoms. The van der Waals surface area contributed by atoms with Gasteiger partial charge < -0.3 is 9.84 Å². The second-order valence-corrected chi connectivity index (χ2v) is 4.28. The monoisotopic (exact) mass is 220 g/mol. The van der Waals surface area contributed by atoms with Crippen LogP contribution >= 0.6 is 0 Å². The fourth-order valence-corrected chi connectivity index (χ4v) is 1.91. The van der Waals surface area contributed by atoms with Gasteiger partial charge in [0.25, 0.3) is 0 Å². The van der Waals surface area contributed by atoms with Gasteiger partial charge in [0, 0.05) is 12.5 Å². The normalized spacial score (nSPS) is 23.6. The molecule has 0 aromatic heterocycles. The van der Waals surface area contributed by atoms with E-state index in [4.69, 9.17) is 9.84 Å². The standard InChI is InChI=1S/C13H16O3/c1-9-4-2-3-5-11(9)13(15)16-12-7-6-10(12)8-14/h2-5,10,12,14H,6-8H2,1H3/t10-,12-/m1/s1. The molecule has 1 aliphatic rings. The Labute approximate surface area is 95.0 Å². The van der Waals surface area contributed by atoms with E-state index in [1.165, 1.54) is 0 Å². The Hall–Kier alpha value is -1.35. The smallest absolute Gasteiger partial charge is 0.338 e. The number of rotatable bonds is 3. The summed E-state index contributed by atoms with van der Waals surface area (Å²) >= 11 is 0. The van der Waals surface area contributed by atoms with Gasteiger partial charge in [-0.05, 0) is 31.4 Å². The average Bonchev–Trinajstić information content (AvgIpc) is 2.25. The average molecular weight is 220 g/mol. The Kier molecular flexibility index (Phi) is 3.25. The van der Waals surface area contributed by atoms with E-state index in [0.29, 0.717) is 5.56 Å². The van der Waals surface area contributed by atoms with E-state index in [1.54, 1.807) is 6.07 Å². The van der Waals surface area contributed by atoms with Crippen LogP contribution in [0.5, 0.6) is 0 Å². The van der Waals surface area contributed by atoms with Gasteiger partial charge >= 0.3 is 5.97 Å². The van der Waals surface area contributed by atoms with Gasteiger partial charge in [-0.1, -0.05) is 18.2 Å². The Morgan fingerprint density at radius 1 is 1.44 bits per heavy atom. The van der Waals surface area contributed by atoms with E-state index in [9.17, 15) is 4.79 Å². The maximum absolute atomic E-state index is 11.8. The van der Waals surface area contributed by atoms with Crippen LogP contribution in [0.15, 0.2) is 24.3 Å². The van der Waals surface area contributed by atoms with Crippen LogP contribution in [0.3, 0.4) is 0 Å². The van der Waals surface area contributed by atoms with Gasteiger partial charge in [-0.3, -0.25) is 0 Å². The summed E-state index contributed by atoms with van der Waals surface area (Å²) < 4.78 is 5.36. The first-order valence-electron chi connectivity index (χ1n) is 5.60. The van der Waals surface area contributed by atoms with Crippen molar-refractivity contribution in [2.24, 2.45) is 5.92 Å². The molecule has 1 saturated carbocycles. The zero-order valence-corrected chi connectivity index (χ0v) is 9.35. The molecule has 0 spiro atoms. The Bertz CT molecular complexity index is 385. The van der Waals surface area contributed by atoms with E-state index < -0.39 is 0 Å². The molecule has 1 N–H and O–H groups in total. The second-order valence-electron chi connectivity index (χ2n) is 4.28. The molecule has 1 fully saturated rings. The molecule has 1 aromatic carbocycles. The summed E-state index contributed by atoms with van der Waals surface area (Å²) in [5, 5.41) is 9.00. The highest BCUT2D eigenvalue weighted by molar-refractivity contribution is 5.91. The minimum atomic E-state index is -0.277. The first kappa shape index (κ1) is 11.1. The third kappa shape index (κ3) is 2.09. The van der Waals surface area contributed by atoms with Crippen LogP contribution in [0.2, 0.25) is 0 Å². The summed E-state index contributed by atoms with van der Waals surface area (Å²) in [5.41, 5.74) is 1.54. The number of carbonyl (C=O) groups excluding carboxylic acids is 1. The van der Waals surface area contributed by atoms with E-state index >= 15 is 0 Å². The number of aliphatic hydroxyl groups excluding tert-OH is 1. The maximum Gasteiger partial charge on any atom is 0.338 e. The number of aliphatic hydroxyl groups is 1. The fraction of sp³-hybridized carbons (Fsp3) is 0.462. The van der Waals surface area contributed by atoms with Crippen LogP contribution in [0.25, 0.3) is 0 Å². The van der Waals surface area contributed by atoms with Crippen LogP contribution in [0, 0.1) is 12.8 Å². The highest BCUT2D eigenvalue weighted by atomic mass is 16.5. The van der Waals surface area contributed by atoms with Crippen molar-refractivity contribution in [2.45, 2.75) is 25.9 Å². The summed E-state index contributed by atoms with van der Waals surface area (Å²) in [6.45, 7) is 1.99. The lowest BCUT2D eigenvalue weighted by molar-refractivity contribution is -0.0379. The van der Waals surface area contributed by atoms with Gasteiger partial charge in [0.1, 0.15) is 6.10 Å². The minimum absolute atomic E-state index is 0.0999. The molecule has 0 unspecified atom stereocenters. The summed E-state index contributed by atoms with van der Waals surface area (Å²) in [6, 6.07) is 7.38. The molecule has 0 aliphatic heterocycles. The number of carbonyl (C=O) groups is 1. The zero-order chi connectivity index (χ0) is 11.5. The van der Waals surface area contributed by atoms with Gasteiger partial charge in [-0.2, -0.15) is 0 Å². The van der Waals surface area contributed by atoms with E-state index in [0.717, 1.165) is 18.4 Å². The molecule has 3 heteroatoms. The first-order valence-corrected chi connectivity index (χ1v) is 5.60. The summed E-state index contributed by atoms with van der Waals surface area (Å²) in [4.78, 5) is 11.8. The van der Waals surface area contributed by atoms with E-state index in [-0.39, 0.29) is 24.6 Å². The predicted octanol–water partition coefficient (Wildman–Crippen LogP) is 1.92. The quantitative estimate of drug-likeness (QED) is 0.792. The number of hydrogen-bond donors (Lipinski definition) is 1. The van der Waals surface area contributed by atoms with Crippen molar-refractivity contribution >= 4 is 5.97 Å². The SMILES string of the molecule is Cc1ccccc1C(=O)O[C@@H]1CC[C@@H]1CO. The van der Waals surface area contributed by atoms with Crippen LogP contribution in [-0.4, -0.2) is 23.8 Å². The van der Waals surface area contributed by atoms with Gasteiger partial charge in [0.2, 0.25) is 0 Å². The van der Waals surface area contributed by atoms with Gasteiger partial charge in [-0.25, -0.2) is 4.79 Å². The zero-order valence-electron chi connectivity index (χ0n) is 9.35. The Balaban J connectivity index is 2.01. The van der Waals surface area contributed by atoms with Crippen LogP contribution in [0.1, 0.15) is 28.8 Å². The second kappa shape index (κ2) is 4.66. The molecule has 0 amide bonds. The molecule has 0 heterocycles. The van der Waals surface area contributed by atoms with Crippen LogP contribution < -0.4 is 0 Å². The minimum Gasteiger partial charge on any atom is -0.458 e. The van der Waals surface area contributed by atoms with Crippen molar-refractivity contribution in [1.29, 1.82) is 0 Å². The number of benzene rings is 1. The topological polar surface area (TPSA) is 46.5 Å². The van der Waals surface area contributed by atoms with Crippen LogP contribution in [0.4, 0.5) is 0 Å². The number of esters is 1. The van der Waals surface area contributed by atoms with Crippen molar-refractivity contribution in [1.82, 2.24) is 0 Å². The first-order chi connectivity index (χ1) is 7.72. The molecule has 16 heavy (non-hydrogen) atoms. The van der Waals surface area contributed by atoms with Crippen molar-refractivity contribution in [2.75, 3.05) is 6.61 Å². The summed E-state index contributed by atoms with van der Waals surface area (Å²) in [6.07, 6.45) is 1.71. The van der Waals surface area contributed by atoms with Crippen molar-refractivity contribution in [3.05, 3.63) is 35.4 Å². The molecule has 1 aliphatic carbocycles. The molecule has 86 valence electrons. The summed E-state index contributed by atoms with van der Waals surface area (Å²) in [7, 11) is 0. The van der Waals surface area contributed by atoms with Crippen molar-refractivity contribution in [3.63, 3.8) is 0 Å². The molecule has 2 rings (SSSR count). The molecule has 0 saturated heterocycles. The lowest BCUT2D eigenvalue weighted by Crippen LogP contribution is -2.38. The Morgan fingerprint density at radius 2 is 2.19 bits per heavy atom. The number of aryl methyl sites for hydroxylation is 1. The summed E-state index contributed by atoms with van der Waals surface area (Å²) in [5.74, 6) is -0.144. The van der Waals surface area contributed by atoms with E-state index in [1.807, 2.05) is 25.1 Å². The third-order valence-electron chi connectivity index (χ3n) is 3.21. The van der Waals surface area contributed by atoms with Gasteiger partial charge in [0.15, 0.2) is 0 Å². The van der Waals surface area contributed by atoms with Gasteiger partial charge in [-0.15, -0.1) is 0 Å². The predicted molar refractivity (Wildman–Crippen MR) is 60.2 cm³/mol. The highest BCUT2D eigenvalue weighted by Crippen LogP contribution is 2.30. The third-order valence-corrected chi connectivity index (χ3v) is 3.21. The molecule has 0 radical (unpaired) electrons. The van der Waals surface area contributed by atoms with Gasteiger partial charge in [0.05, 0.1) is 5.56 Å². The Morgan fingerprint density at radius 3 is 2.75 bits per heavy atom. The highest BCUT2D eigenvalue weighted by Gasteiger charge is 2.33. The molecular weight excluding hydrogens is 204 g/mol. The number of hydrogen-bond acceptors (Lipinski definition) is 3. The lowest BCUT2D eigenvalue weighted by atomic mass is 9.82. The van der Waals surface area contributed by atoms with Crippen molar-refractivity contribution < 1.29 is 14.6 Å². The molecule has 1 aromatic rings. The number of ether oxygens (including phenoxy) is 1. The van der Waals surface area contributed by atoms with Crippen molar-refractivity contribution in [3.8, 4) is 0 Å².